The molecule has 1 aliphatic rings. The standard InChI is InChI=1S/C29H33F6P2/c1-19(37(26(2,3)4)27(5,6)7)24-9-8-10-25(24)36(22-15-11-20(12-16-22)28(30,31)32)23-17-13-21(14-18-23)29(33,34)35/h8-19H,1-7H3/t19-/m0/s1. The van der Waals surface area contributed by atoms with Crippen molar-refractivity contribution < 1.29 is 26.3 Å². The first-order valence-electron chi connectivity index (χ1n) is 12.0. The first-order chi connectivity index (χ1) is 16.8. The van der Waals surface area contributed by atoms with Crippen molar-refractivity contribution in [2.75, 3.05) is 0 Å². The minimum Gasteiger partial charge on any atom is -0.166 e. The molecule has 0 saturated heterocycles. The van der Waals surface area contributed by atoms with E-state index >= 15 is 0 Å². The van der Waals surface area contributed by atoms with Crippen molar-refractivity contribution in [3.8, 4) is 0 Å². The van der Waals surface area contributed by atoms with Crippen LogP contribution in [-0.4, -0.2) is 16.0 Å². The maximum Gasteiger partial charge on any atom is 0.416 e. The first kappa shape index (κ1) is 30.4. The largest absolute Gasteiger partial charge is 0.416 e. The molecule has 1 aliphatic carbocycles. The van der Waals surface area contributed by atoms with Gasteiger partial charge in [-0.15, -0.1) is 0 Å². The fraction of sp³-hybridized carbons (Fsp3) is 0.414. The third-order valence-electron chi connectivity index (χ3n) is 6.26. The Kier molecular flexibility index (Phi) is 8.88. The molecule has 0 heterocycles. The molecule has 1 atom stereocenters. The van der Waals surface area contributed by atoms with Gasteiger partial charge in [-0.25, -0.2) is 0 Å². The number of hydrogen-bond acceptors (Lipinski definition) is 0. The van der Waals surface area contributed by atoms with Crippen LogP contribution in [-0.2, 0) is 12.4 Å². The van der Waals surface area contributed by atoms with Crippen LogP contribution >= 0.6 is 15.8 Å². The molecule has 0 N–H and O–H groups in total. The molecule has 2 aromatic carbocycles. The van der Waals surface area contributed by atoms with Crippen LogP contribution in [0.2, 0.25) is 0 Å². The zero-order chi connectivity index (χ0) is 28.0. The lowest BCUT2D eigenvalue weighted by molar-refractivity contribution is -0.138. The van der Waals surface area contributed by atoms with Gasteiger partial charge < -0.3 is 0 Å². The van der Waals surface area contributed by atoms with Gasteiger partial charge in [0.1, 0.15) is 0 Å². The third-order valence-corrected chi connectivity index (χ3v) is 12.7. The highest BCUT2D eigenvalue weighted by Crippen LogP contribution is 2.69. The monoisotopic (exact) mass is 557 g/mol. The minimum atomic E-state index is -4.47. The van der Waals surface area contributed by atoms with Crippen molar-refractivity contribution in [2.45, 2.75) is 76.8 Å². The van der Waals surface area contributed by atoms with E-state index in [1.165, 1.54) is 24.3 Å². The normalized spacial score (nSPS) is 17.7. The summed E-state index contributed by atoms with van der Waals surface area (Å²) < 4.78 is 79.5. The van der Waals surface area contributed by atoms with Gasteiger partial charge in [0.05, 0.1) is 11.1 Å². The summed E-state index contributed by atoms with van der Waals surface area (Å²) >= 11 is 0. The number of alkyl halides is 6. The Morgan fingerprint density at radius 3 is 1.30 bits per heavy atom. The molecule has 2 aromatic rings. The summed E-state index contributed by atoms with van der Waals surface area (Å²) in [6.45, 7) is 15.6. The fourth-order valence-electron chi connectivity index (χ4n) is 5.31. The molecule has 1 fully saturated rings. The van der Waals surface area contributed by atoms with E-state index in [1.54, 1.807) is 0 Å². The SMILES string of the molecule is C[C@@H]([C]1[CH][CH][CH][C]1P(c1ccc(C(F)(F)F)cc1)c1ccc(C(F)(F)F)cc1)P(C(C)(C)C)C(C)(C)C. The molecule has 0 aromatic heterocycles. The summed E-state index contributed by atoms with van der Waals surface area (Å²) in [6.07, 6.45) is -2.94. The minimum absolute atomic E-state index is 0.0347. The first-order valence-corrected chi connectivity index (χ1v) is 14.8. The summed E-state index contributed by atoms with van der Waals surface area (Å²) in [5.74, 6) is 1.11. The van der Waals surface area contributed by atoms with Crippen LogP contribution in [0.3, 0.4) is 0 Å². The molecule has 3 rings (SSSR count). The van der Waals surface area contributed by atoms with E-state index in [1.807, 2.05) is 12.8 Å². The van der Waals surface area contributed by atoms with Crippen LogP contribution in [0.25, 0.3) is 0 Å². The fourth-order valence-corrected chi connectivity index (χ4v) is 12.8. The number of benzene rings is 2. The number of rotatable bonds is 5. The molecule has 0 nitrogen and oxygen atoms in total. The van der Waals surface area contributed by atoms with Gasteiger partial charge in [-0.3, -0.25) is 0 Å². The zero-order valence-corrected chi connectivity index (χ0v) is 23.9. The van der Waals surface area contributed by atoms with E-state index in [0.717, 1.165) is 35.8 Å². The van der Waals surface area contributed by atoms with E-state index < -0.39 is 39.3 Å². The van der Waals surface area contributed by atoms with Gasteiger partial charge >= 0.3 is 12.4 Å². The van der Waals surface area contributed by atoms with Crippen LogP contribution in [0.15, 0.2) is 48.5 Å². The van der Waals surface area contributed by atoms with Crippen molar-refractivity contribution in [3.63, 3.8) is 0 Å². The molecule has 0 spiro atoms. The van der Waals surface area contributed by atoms with Crippen molar-refractivity contribution in [1.82, 2.24) is 0 Å². The summed E-state index contributed by atoms with van der Waals surface area (Å²) in [7, 11) is -1.94. The van der Waals surface area contributed by atoms with E-state index in [-0.39, 0.29) is 16.0 Å². The van der Waals surface area contributed by atoms with Gasteiger partial charge in [-0.1, -0.05) is 80.7 Å². The summed E-state index contributed by atoms with van der Waals surface area (Å²) in [4.78, 5) is 0. The second-order valence-corrected chi connectivity index (χ2v) is 17.6. The van der Waals surface area contributed by atoms with Crippen molar-refractivity contribution >= 4 is 26.5 Å². The molecule has 0 unspecified atom stereocenters. The Morgan fingerprint density at radius 2 is 0.973 bits per heavy atom. The zero-order valence-electron chi connectivity index (χ0n) is 22.1. The van der Waals surface area contributed by atoms with E-state index in [2.05, 4.69) is 54.9 Å². The van der Waals surface area contributed by atoms with Gasteiger partial charge in [0.25, 0.3) is 0 Å². The predicted molar refractivity (Wildman–Crippen MR) is 144 cm³/mol. The maximum atomic E-state index is 13.3. The van der Waals surface area contributed by atoms with Crippen LogP contribution in [0.1, 0.15) is 59.6 Å². The van der Waals surface area contributed by atoms with Gasteiger partial charge in [-0.2, -0.15) is 26.3 Å². The lowest BCUT2D eigenvalue weighted by Gasteiger charge is -2.48. The van der Waals surface area contributed by atoms with E-state index in [9.17, 15) is 26.3 Å². The molecular weight excluding hydrogens is 524 g/mol. The van der Waals surface area contributed by atoms with E-state index in [0.29, 0.717) is 10.6 Å². The molecule has 0 aliphatic heterocycles. The quantitative estimate of drug-likeness (QED) is 0.254. The second-order valence-electron chi connectivity index (χ2n) is 11.2. The summed E-state index contributed by atoms with van der Waals surface area (Å²) in [6, 6.07) is 10.1. The molecule has 1 saturated carbocycles. The predicted octanol–water partition coefficient (Wildman–Crippen LogP) is 9.36. The summed E-state index contributed by atoms with van der Waals surface area (Å²) in [5, 5.41) is 1.40. The average Bonchev–Trinajstić information content (AvgIpc) is 3.21. The molecular formula is C29H33F6P2. The highest BCUT2D eigenvalue weighted by Gasteiger charge is 2.47. The van der Waals surface area contributed by atoms with Crippen LogP contribution in [0, 0.1) is 30.8 Å². The molecule has 8 heteroatoms. The third kappa shape index (κ3) is 7.10. The van der Waals surface area contributed by atoms with Crippen LogP contribution in [0.4, 0.5) is 26.3 Å². The Balaban J connectivity index is 2.09. The average molecular weight is 558 g/mol. The molecule has 0 bridgehead atoms. The molecule has 201 valence electrons. The van der Waals surface area contributed by atoms with Crippen LogP contribution < -0.4 is 10.6 Å². The highest BCUT2D eigenvalue weighted by molar-refractivity contribution is 7.76. The van der Waals surface area contributed by atoms with Crippen LogP contribution in [0.5, 0.6) is 0 Å². The lowest BCUT2D eigenvalue weighted by Crippen LogP contribution is -2.34. The number of halogens is 6. The Morgan fingerprint density at radius 1 is 0.595 bits per heavy atom. The Bertz CT molecular complexity index is 956. The van der Waals surface area contributed by atoms with Crippen molar-refractivity contribution in [1.29, 1.82) is 0 Å². The van der Waals surface area contributed by atoms with E-state index in [4.69, 9.17) is 0 Å². The number of hydrogen-bond donors (Lipinski definition) is 0. The van der Waals surface area contributed by atoms with Crippen molar-refractivity contribution in [3.05, 3.63) is 90.5 Å². The maximum absolute atomic E-state index is 13.3. The molecule has 0 amide bonds. The van der Waals surface area contributed by atoms with Gasteiger partial charge in [-0.05, 0) is 83.9 Å². The smallest absolute Gasteiger partial charge is 0.166 e. The van der Waals surface area contributed by atoms with Crippen molar-refractivity contribution in [2.24, 2.45) is 0 Å². The van der Waals surface area contributed by atoms with Gasteiger partial charge in [0.15, 0.2) is 0 Å². The highest BCUT2D eigenvalue weighted by atomic mass is 31.1. The topological polar surface area (TPSA) is 0 Å². The van der Waals surface area contributed by atoms with Gasteiger partial charge in [0.2, 0.25) is 0 Å². The Labute approximate surface area is 220 Å². The molecule has 37 heavy (non-hydrogen) atoms. The second kappa shape index (κ2) is 10.8. The summed E-state index contributed by atoms with van der Waals surface area (Å²) in [5.41, 5.74) is -0.352. The lowest BCUT2D eigenvalue weighted by atomic mass is 10.0. The Hall–Kier alpha value is -1.12. The molecule has 5 radical (unpaired) electrons. The van der Waals surface area contributed by atoms with Gasteiger partial charge in [0, 0.05) is 5.66 Å².